The first-order valence-corrected chi connectivity index (χ1v) is 7.38. The molecule has 1 saturated heterocycles. The van der Waals surface area contributed by atoms with Crippen LogP contribution >= 0.6 is 0 Å². The summed E-state index contributed by atoms with van der Waals surface area (Å²) in [7, 11) is 0. The molecule has 2 aliphatic heterocycles. The monoisotopic (exact) mass is 244 g/mol. The summed E-state index contributed by atoms with van der Waals surface area (Å²) in [4.78, 5) is 2.57. The topological polar surface area (TPSA) is 15.3 Å². The van der Waals surface area contributed by atoms with Gasteiger partial charge in [-0.2, -0.15) is 0 Å². The first kappa shape index (κ1) is 12.0. The van der Waals surface area contributed by atoms with Gasteiger partial charge >= 0.3 is 0 Å². The van der Waals surface area contributed by atoms with E-state index in [9.17, 15) is 0 Å². The van der Waals surface area contributed by atoms with Gasteiger partial charge in [-0.25, -0.2) is 0 Å². The molecule has 2 aliphatic rings. The van der Waals surface area contributed by atoms with Crippen LogP contribution in [-0.4, -0.2) is 26.2 Å². The van der Waals surface area contributed by atoms with Crippen LogP contribution in [0.5, 0.6) is 0 Å². The van der Waals surface area contributed by atoms with Gasteiger partial charge in [0.1, 0.15) is 0 Å². The highest BCUT2D eigenvalue weighted by Gasteiger charge is 2.42. The summed E-state index contributed by atoms with van der Waals surface area (Å²) in [5.74, 6) is 0. The minimum atomic E-state index is 0.432. The van der Waals surface area contributed by atoms with Crippen molar-refractivity contribution < 1.29 is 0 Å². The Morgan fingerprint density at radius 3 is 2.67 bits per heavy atom. The number of benzene rings is 1. The van der Waals surface area contributed by atoms with Gasteiger partial charge in [0.05, 0.1) is 0 Å². The van der Waals surface area contributed by atoms with Crippen molar-refractivity contribution in [1.29, 1.82) is 0 Å². The van der Waals surface area contributed by atoms with Crippen LogP contribution in [0, 0.1) is 0 Å². The van der Waals surface area contributed by atoms with Gasteiger partial charge in [-0.15, -0.1) is 0 Å². The molecule has 0 aromatic heterocycles. The third kappa shape index (κ3) is 1.74. The summed E-state index contributed by atoms with van der Waals surface area (Å²) in [5, 5.41) is 3.51. The van der Waals surface area contributed by atoms with E-state index in [1.54, 1.807) is 5.56 Å². The molecule has 1 aromatic rings. The molecule has 0 radical (unpaired) electrons. The molecule has 2 heteroatoms. The zero-order chi connectivity index (χ0) is 12.6. The van der Waals surface area contributed by atoms with Crippen molar-refractivity contribution in [3.63, 3.8) is 0 Å². The molecule has 2 heterocycles. The normalized spacial score (nSPS) is 21.3. The Bertz CT molecular complexity index is 433. The second-order valence-electron chi connectivity index (χ2n) is 5.75. The lowest BCUT2D eigenvalue weighted by molar-refractivity contribution is 0.326. The fourth-order valence-electron chi connectivity index (χ4n) is 3.65. The number of anilines is 1. The maximum Gasteiger partial charge on any atom is 0.0405 e. The fourth-order valence-corrected chi connectivity index (χ4v) is 3.65. The van der Waals surface area contributed by atoms with E-state index < -0.39 is 0 Å². The molecule has 98 valence electrons. The number of likely N-dealkylation sites (N-methyl/N-ethyl adjacent to an activating group) is 1. The maximum absolute atomic E-state index is 3.51. The molecule has 2 nitrogen and oxygen atoms in total. The predicted octanol–water partition coefficient (Wildman–Crippen LogP) is 2.71. The molecule has 1 spiro atoms. The summed E-state index contributed by atoms with van der Waals surface area (Å²) >= 11 is 0. The lowest BCUT2D eigenvalue weighted by atomic mass is 9.74. The molecule has 18 heavy (non-hydrogen) atoms. The van der Waals surface area contributed by atoms with E-state index in [0.29, 0.717) is 5.41 Å². The average Bonchev–Trinajstić information content (AvgIpc) is 2.73. The number of aryl methyl sites for hydroxylation is 1. The second kappa shape index (κ2) is 4.58. The van der Waals surface area contributed by atoms with Crippen molar-refractivity contribution in [2.45, 2.75) is 38.5 Å². The Balaban J connectivity index is 2.05. The molecule has 0 amide bonds. The first-order valence-electron chi connectivity index (χ1n) is 7.38. The highest BCUT2D eigenvalue weighted by Crippen LogP contribution is 2.46. The fraction of sp³-hybridized carbons (Fsp3) is 0.625. The number of nitrogens with zero attached hydrogens (tertiary/aromatic N) is 1. The zero-order valence-corrected chi connectivity index (χ0v) is 11.6. The van der Waals surface area contributed by atoms with Crippen LogP contribution in [0.1, 0.15) is 37.8 Å². The highest BCUT2D eigenvalue weighted by molar-refractivity contribution is 5.64. The van der Waals surface area contributed by atoms with Crippen molar-refractivity contribution >= 4 is 5.69 Å². The van der Waals surface area contributed by atoms with E-state index in [2.05, 4.69) is 42.3 Å². The van der Waals surface area contributed by atoms with E-state index in [1.807, 2.05) is 0 Å². The summed E-state index contributed by atoms with van der Waals surface area (Å²) in [5.41, 5.74) is 5.05. The number of hydrogen-bond acceptors (Lipinski definition) is 2. The van der Waals surface area contributed by atoms with E-state index in [0.717, 1.165) is 13.0 Å². The van der Waals surface area contributed by atoms with Gasteiger partial charge in [-0.05, 0) is 56.5 Å². The van der Waals surface area contributed by atoms with Gasteiger partial charge in [0, 0.05) is 24.2 Å². The van der Waals surface area contributed by atoms with E-state index in [4.69, 9.17) is 0 Å². The van der Waals surface area contributed by atoms with Crippen LogP contribution in [0.25, 0.3) is 0 Å². The first-order chi connectivity index (χ1) is 8.79. The van der Waals surface area contributed by atoms with Crippen molar-refractivity contribution in [2.24, 2.45) is 0 Å². The number of rotatable bonds is 2. The van der Waals surface area contributed by atoms with E-state index in [-0.39, 0.29) is 0 Å². The summed E-state index contributed by atoms with van der Waals surface area (Å²) in [6.45, 7) is 9.24. The lowest BCUT2D eigenvalue weighted by Crippen LogP contribution is -2.43. The largest absolute Gasteiger partial charge is 0.371 e. The predicted molar refractivity (Wildman–Crippen MR) is 77.5 cm³/mol. The highest BCUT2D eigenvalue weighted by atomic mass is 15.2. The van der Waals surface area contributed by atoms with Gasteiger partial charge in [-0.1, -0.05) is 19.1 Å². The van der Waals surface area contributed by atoms with Crippen LogP contribution < -0.4 is 10.2 Å². The van der Waals surface area contributed by atoms with Crippen molar-refractivity contribution in [3.05, 3.63) is 29.3 Å². The van der Waals surface area contributed by atoms with Crippen LogP contribution in [0.4, 0.5) is 5.69 Å². The SMILES string of the molecule is CCc1ccc2c(c1)C1(CCNCC1)CN2CC. The molecule has 0 aliphatic carbocycles. The van der Waals surface area contributed by atoms with Crippen molar-refractivity contribution in [2.75, 3.05) is 31.1 Å². The number of piperidine rings is 1. The second-order valence-corrected chi connectivity index (χ2v) is 5.75. The standard InChI is InChI=1S/C16H24N2/c1-3-13-5-6-15-14(11-13)16(12-18(15)4-2)7-9-17-10-8-16/h5-6,11,17H,3-4,7-10,12H2,1-2H3. The van der Waals surface area contributed by atoms with Crippen LogP contribution in [0.2, 0.25) is 0 Å². The Morgan fingerprint density at radius 2 is 2.00 bits per heavy atom. The zero-order valence-electron chi connectivity index (χ0n) is 11.6. The lowest BCUT2D eigenvalue weighted by Gasteiger charge is -2.35. The molecule has 1 N–H and O–H groups in total. The average molecular weight is 244 g/mol. The van der Waals surface area contributed by atoms with Crippen LogP contribution in [0.15, 0.2) is 18.2 Å². The van der Waals surface area contributed by atoms with E-state index >= 15 is 0 Å². The molecule has 1 aromatic carbocycles. The van der Waals surface area contributed by atoms with E-state index in [1.165, 1.54) is 43.7 Å². The minimum absolute atomic E-state index is 0.432. The van der Waals surface area contributed by atoms with Gasteiger partial charge in [0.15, 0.2) is 0 Å². The Hall–Kier alpha value is -1.02. The quantitative estimate of drug-likeness (QED) is 0.860. The molecular formula is C16H24N2. The summed E-state index contributed by atoms with van der Waals surface area (Å²) in [6.07, 6.45) is 3.74. The third-order valence-electron chi connectivity index (χ3n) is 4.82. The molecule has 1 fully saturated rings. The number of nitrogens with one attached hydrogen (secondary N) is 1. The maximum atomic E-state index is 3.51. The molecule has 0 saturated carbocycles. The Morgan fingerprint density at radius 1 is 1.22 bits per heavy atom. The summed E-state index contributed by atoms with van der Waals surface area (Å²) < 4.78 is 0. The number of fused-ring (bicyclic) bond motifs is 2. The van der Waals surface area contributed by atoms with Crippen LogP contribution in [0.3, 0.4) is 0 Å². The van der Waals surface area contributed by atoms with Crippen molar-refractivity contribution in [3.8, 4) is 0 Å². The van der Waals surface area contributed by atoms with Gasteiger partial charge in [-0.3, -0.25) is 0 Å². The molecule has 0 atom stereocenters. The summed E-state index contributed by atoms with van der Waals surface area (Å²) in [6, 6.07) is 7.15. The van der Waals surface area contributed by atoms with Crippen molar-refractivity contribution in [1.82, 2.24) is 5.32 Å². The smallest absolute Gasteiger partial charge is 0.0405 e. The Kier molecular flexibility index (Phi) is 3.06. The third-order valence-corrected chi connectivity index (χ3v) is 4.82. The van der Waals surface area contributed by atoms with Gasteiger partial charge in [0.25, 0.3) is 0 Å². The molecule has 3 rings (SSSR count). The number of hydrogen-bond donors (Lipinski definition) is 1. The molecule has 0 unspecified atom stereocenters. The van der Waals surface area contributed by atoms with Crippen LogP contribution in [-0.2, 0) is 11.8 Å². The Labute approximate surface area is 110 Å². The molecular weight excluding hydrogens is 220 g/mol. The van der Waals surface area contributed by atoms with Gasteiger partial charge in [0.2, 0.25) is 0 Å². The minimum Gasteiger partial charge on any atom is -0.371 e. The molecule has 0 bridgehead atoms. The van der Waals surface area contributed by atoms with Gasteiger partial charge < -0.3 is 10.2 Å².